The molecule has 2 aromatic rings. The van der Waals surface area contributed by atoms with E-state index < -0.39 is 11.4 Å². The number of hydrogen-bond acceptors (Lipinski definition) is 4. The van der Waals surface area contributed by atoms with Crippen LogP contribution in [-0.2, 0) is 4.79 Å². The van der Waals surface area contributed by atoms with Crippen LogP contribution in [0.3, 0.4) is 0 Å². The minimum Gasteiger partial charge on any atom is -0.481 e. The number of carboxylic acids is 1. The molecule has 21 heavy (non-hydrogen) atoms. The zero-order chi connectivity index (χ0) is 15.0. The number of amides is 1. The second-order valence-corrected chi connectivity index (χ2v) is 8.58. The molecule has 0 radical (unpaired) electrons. The monoisotopic (exact) mass is 385 g/mol. The summed E-state index contributed by atoms with van der Waals surface area (Å²) >= 11 is 6.45. The molecule has 1 aliphatic rings. The largest absolute Gasteiger partial charge is 0.481 e. The standard InChI is InChI=1S/C14H12BrNO3S2/c15-11-4-3-9(21-11)8-1-2-10(20-8)12(17)16-7-14(5-6-14)13(18)19/h1-4H,5-7H2,(H,16,17)(H,18,19). The van der Waals surface area contributed by atoms with Crippen molar-refractivity contribution < 1.29 is 14.7 Å². The van der Waals surface area contributed by atoms with Crippen LogP contribution in [0.2, 0.25) is 0 Å². The van der Waals surface area contributed by atoms with Crippen molar-refractivity contribution in [2.45, 2.75) is 12.8 Å². The van der Waals surface area contributed by atoms with Gasteiger partial charge in [0.25, 0.3) is 5.91 Å². The first-order valence-electron chi connectivity index (χ1n) is 6.37. The summed E-state index contributed by atoms with van der Waals surface area (Å²) in [5, 5.41) is 11.8. The van der Waals surface area contributed by atoms with Crippen molar-refractivity contribution >= 4 is 50.5 Å². The number of thiophene rings is 2. The molecule has 2 aromatic heterocycles. The number of hydrogen-bond donors (Lipinski definition) is 2. The van der Waals surface area contributed by atoms with Gasteiger partial charge in [0.2, 0.25) is 0 Å². The van der Waals surface area contributed by atoms with Gasteiger partial charge in [-0.05, 0) is 53.0 Å². The fourth-order valence-corrected chi connectivity index (χ4v) is 4.39. The van der Waals surface area contributed by atoms with Crippen LogP contribution in [0.25, 0.3) is 9.75 Å². The van der Waals surface area contributed by atoms with Crippen molar-refractivity contribution in [2.75, 3.05) is 6.54 Å². The molecular weight excluding hydrogens is 374 g/mol. The molecule has 0 aromatic carbocycles. The lowest BCUT2D eigenvalue weighted by atomic mass is 10.1. The molecule has 1 aliphatic carbocycles. The first-order chi connectivity index (χ1) is 10.00. The maximum Gasteiger partial charge on any atom is 0.311 e. The highest BCUT2D eigenvalue weighted by molar-refractivity contribution is 9.11. The predicted molar refractivity (Wildman–Crippen MR) is 87.0 cm³/mol. The van der Waals surface area contributed by atoms with Gasteiger partial charge in [-0.25, -0.2) is 0 Å². The Kier molecular flexibility index (Phi) is 3.90. The fraction of sp³-hybridized carbons (Fsp3) is 0.286. The maximum absolute atomic E-state index is 12.1. The summed E-state index contributed by atoms with van der Waals surface area (Å²) in [6, 6.07) is 7.68. The number of nitrogens with one attached hydrogen (secondary N) is 1. The number of aliphatic carboxylic acids is 1. The maximum atomic E-state index is 12.1. The third kappa shape index (κ3) is 3.04. The van der Waals surface area contributed by atoms with E-state index in [9.17, 15) is 9.59 Å². The van der Waals surface area contributed by atoms with E-state index in [1.165, 1.54) is 11.3 Å². The Bertz CT molecular complexity index is 703. The van der Waals surface area contributed by atoms with Gasteiger partial charge in [0.15, 0.2) is 0 Å². The Morgan fingerprint density at radius 1 is 1.19 bits per heavy atom. The van der Waals surface area contributed by atoms with Crippen molar-refractivity contribution in [3.63, 3.8) is 0 Å². The molecule has 0 bridgehead atoms. The molecule has 1 amide bonds. The highest BCUT2D eigenvalue weighted by atomic mass is 79.9. The molecular formula is C14H12BrNO3S2. The van der Waals surface area contributed by atoms with Crippen molar-refractivity contribution in [1.29, 1.82) is 0 Å². The molecule has 3 rings (SSSR count). The highest BCUT2D eigenvalue weighted by Crippen LogP contribution is 2.45. The van der Waals surface area contributed by atoms with Crippen LogP contribution in [0.5, 0.6) is 0 Å². The first kappa shape index (κ1) is 14.7. The number of carbonyl (C=O) groups is 2. The van der Waals surface area contributed by atoms with Crippen LogP contribution in [0.4, 0.5) is 0 Å². The molecule has 0 aliphatic heterocycles. The van der Waals surface area contributed by atoms with Crippen LogP contribution >= 0.6 is 38.6 Å². The van der Waals surface area contributed by atoms with E-state index in [2.05, 4.69) is 21.2 Å². The van der Waals surface area contributed by atoms with Crippen molar-refractivity contribution in [3.05, 3.63) is 32.9 Å². The summed E-state index contributed by atoms with van der Waals surface area (Å²) < 4.78 is 1.05. The molecule has 7 heteroatoms. The van der Waals surface area contributed by atoms with Gasteiger partial charge in [0.05, 0.1) is 14.1 Å². The first-order valence-corrected chi connectivity index (χ1v) is 8.80. The molecule has 0 unspecified atom stereocenters. The Hall–Kier alpha value is -1.18. The number of halogens is 1. The zero-order valence-electron chi connectivity index (χ0n) is 10.9. The Morgan fingerprint density at radius 3 is 2.43 bits per heavy atom. The van der Waals surface area contributed by atoms with Gasteiger partial charge >= 0.3 is 5.97 Å². The normalized spacial score (nSPS) is 15.7. The second kappa shape index (κ2) is 5.55. The summed E-state index contributed by atoms with van der Waals surface area (Å²) in [5.74, 6) is -1.02. The molecule has 4 nitrogen and oxygen atoms in total. The lowest BCUT2D eigenvalue weighted by Gasteiger charge is -2.10. The van der Waals surface area contributed by atoms with Crippen LogP contribution in [-0.4, -0.2) is 23.5 Å². The molecule has 0 saturated heterocycles. The van der Waals surface area contributed by atoms with E-state index >= 15 is 0 Å². The van der Waals surface area contributed by atoms with Gasteiger partial charge in [-0.1, -0.05) is 0 Å². The second-order valence-electron chi connectivity index (χ2n) is 5.04. The number of carboxylic acid groups (broad SMARTS) is 1. The van der Waals surface area contributed by atoms with Crippen LogP contribution in [0, 0.1) is 5.41 Å². The average molecular weight is 386 g/mol. The van der Waals surface area contributed by atoms with E-state index in [-0.39, 0.29) is 12.5 Å². The van der Waals surface area contributed by atoms with Gasteiger partial charge < -0.3 is 10.4 Å². The lowest BCUT2D eigenvalue weighted by molar-refractivity contribution is -0.143. The fourth-order valence-electron chi connectivity index (χ4n) is 1.99. The number of carbonyl (C=O) groups excluding carboxylic acids is 1. The molecule has 0 atom stereocenters. The van der Waals surface area contributed by atoms with Gasteiger partial charge in [0, 0.05) is 16.3 Å². The minimum absolute atomic E-state index is 0.200. The minimum atomic E-state index is -0.821. The molecule has 0 spiro atoms. The summed E-state index contributed by atoms with van der Waals surface area (Å²) in [4.78, 5) is 25.9. The van der Waals surface area contributed by atoms with Gasteiger partial charge in [0.1, 0.15) is 0 Å². The highest BCUT2D eigenvalue weighted by Gasteiger charge is 2.50. The SMILES string of the molecule is O=C(NCC1(C(=O)O)CC1)c1ccc(-c2ccc(Br)s2)s1. The topological polar surface area (TPSA) is 66.4 Å². The molecule has 2 heterocycles. The van der Waals surface area contributed by atoms with Crippen LogP contribution in [0.1, 0.15) is 22.5 Å². The zero-order valence-corrected chi connectivity index (χ0v) is 14.1. The summed E-state index contributed by atoms with van der Waals surface area (Å²) in [5.41, 5.74) is -0.728. The summed E-state index contributed by atoms with van der Waals surface area (Å²) in [6.07, 6.45) is 1.28. The van der Waals surface area contributed by atoms with Crippen molar-refractivity contribution in [1.82, 2.24) is 5.32 Å². The van der Waals surface area contributed by atoms with Gasteiger partial charge in [-0.3, -0.25) is 9.59 Å². The molecule has 1 fully saturated rings. The third-order valence-corrected chi connectivity index (χ3v) is 6.44. The summed E-state index contributed by atoms with van der Waals surface area (Å²) in [7, 11) is 0. The Labute approximate surface area is 137 Å². The predicted octanol–water partition coefficient (Wildman–Crippen LogP) is 3.83. The average Bonchev–Trinajstić information content (AvgIpc) is 2.88. The molecule has 110 valence electrons. The molecule has 2 N–H and O–H groups in total. The number of rotatable bonds is 5. The van der Waals surface area contributed by atoms with Gasteiger partial charge in [-0.2, -0.15) is 0 Å². The van der Waals surface area contributed by atoms with E-state index in [4.69, 9.17) is 5.11 Å². The van der Waals surface area contributed by atoms with Crippen molar-refractivity contribution in [2.24, 2.45) is 5.41 Å². The van der Waals surface area contributed by atoms with E-state index in [0.717, 1.165) is 13.5 Å². The van der Waals surface area contributed by atoms with Gasteiger partial charge in [-0.15, -0.1) is 22.7 Å². The van der Waals surface area contributed by atoms with E-state index in [0.29, 0.717) is 17.7 Å². The summed E-state index contributed by atoms with van der Waals surface area (Å²) in [6.45, 7) is 0.207. The van der Waals surface area contributed by atoms with E-state index in [1.54, 1.807) is 17.4 Å². The van der Waals surface area contributed by atoms with Crippen LogP contribution < -0.4 is 5.32 Å². The smallest absolute Gasteiger partial charge is 0.311 e. The Morgan fingerprint density at radius 2 is 1.86 bits per heavy atom. The van der Waals surface area contributed by atoms with Crippen molar-refractivity contribution in [3.8, 4) is 9.75 Å². The van der Waals surface area contributed by atoms with Crippen LogP contribution in [0.15, 0.2) is 28.1 Å². The quantitative estimate of drug-likeness (QED) is 0.821. The Balaban J connectivity index is 1.66. The molecule has 1 saturated carbocycles. The van der Waals surface area contributed by atoms with E-state index in [1.807, 2.05) is 18.2 Å². The lowest BCUT2D eigenvalue weighted by Crippen LogP contribution is -2.33. The third-order valence-electron chi connectivity index (χ3n) is 3.54.